The Hall–Kier alpha value is -6.96. The van der Waals surface area contributed by atoms with E-state index in [4.69, 9.17) is 4.74 Å². The van der Waals surface area contributed by atoms with Gasteiger partial charge in [-0.1, -0.05) is 55.8 Å². The standard InChI is InChI=1S/C47H62N8O16/c1-24(10-6-4-5-7-11-25-14-16-27(71-3)17-15-25)38(61)39(62)37-40(63)44(66)53-42-41(64)45(67)54-47(42,70)20-35(60)55(2)23-34(59)50-31(19-29-28-12-8-9-13-30(28)51-36(29)46(68)69)43(65)49-22-33(58)48-21-26(56)18-32(57)52-37/h7-9,11-17,24,26,31,37-42,51,56,61-64,70H,4-6,10,18-23H2,1-3H3,(H,48,58)(H,49,65)(H,50,59)(H,52,57)(H,53,66)(H,54,67)(H,68,69)/b11-7+/t24-,26+,31+,37?,38-,39-,40-,41+,42-,47-/m0/s1. The van der Waals surface area contributed by atoms with Gasteiger partial charge in [-0.3, -0.25) is 33.6 Å². The number of aromatic nitrogens is 1. The maximum Gasteiger partial charge on any atom is 0.352 e. The molecule has 24 nitrogen and oxygen atoms in total. The number of hydrogen-bond donors (Lipinski definition) is 14. The van der Waals surface area contributed by atoms with Crippen molar-refractivity contribution in [2.75, 3.05) is 33.8 Å². The second-order valence-electron chi connectivity index (χ2n) is 17.8. The fraction of sp³-hybridized carbons (Fsp3) is 0.489. The number of fused-ring (bicyclic) bond motifs is 2. The minimum Gasteiger partial charge on any atom is -0.497 e. The van der Waals surface area contributed by atoms with Crippen molar-refractivity contribution in [3.8, 4) is 5.75 Å². The van der Waals surface area contributed by atoms with Crippen LogP contribution in [0.25, 0.3) is 17.0 Å². The van der Waals surface area contributed by atoms with Crippen molar-refractivity contribution < 1.29 is 78.8 Å². The van der Waals surface area contributed by atoms with Crippen molar-refractivity contribution in [3.05, 3.63) is 71.4 Å². The summed E-state index contributed by atoms with van der Waals surface area (Å²) in [6.07, 6.45) is -6.36. The molecule has 7 amide bonds. The van der Waals surface area contributed by atoms with Gasteiger partial charge in [-0.25, -0.2) is 4.79 Å². The molecule has 2 aliphatic rings. The molecule has 2 saturated heterocycles. The van der Waals surface area contributed by atoms with E-state index in [-0.39, 0.29) is 11.3 Å². The van der Waals surface area contributed by atoms with Gasteiger partial charge in [-0.05, 0) is 54.5 Å². The molecule has 0 saturated carbocycles. The van der Waals surface area contributed by atoms with Gasteiger partial charge in [-0.2, -0.15) is 0 Å². The van der Waals surface area contributed by atoms with Crippen molar-refractivity contribution >= 4 is 64.3 Å². The Labute approximate surface area is 407 Å². The van der Waals surface area contributed by atoms with E-state index in [1.165, 1.54) is 0 Å². The number of hydrogen-bond acceptors (Lipinski definition) is 15. The number of unbranched alkanes of at least 4 members (excludes halogenated alkanes) is 2. The van der Waals surface area contributed by atoms with Gasteiger partial charge in [0.25, 0.3) is 11.8 Å². The molecule has 0 spiro atoms. The molecule has 10 atom stereocenters. The lowest BCUT2D eigenvalue weighted by Gasteiger charge is -2.35. The number of carbonyl (C=O) groups excluding carboxylic acids is 7. The first-order chi connectivity index (χ1) is 33.6. The van der Waals surface area contributed by atoms with Crippen LogP contribution in [0.3, 0.4) is 0 Å². The van der Waals surface area contributed by atoms with Crippen molar-refractivity contribution in [1.82, 2.24) is 41.8 Å². The third-order valence-corrected chi connectivity index (χ3v) is 12.4. The van der Waals surface area contributed by atoms with E-state index in [1.54, 1.807) is 38.3 Å². The monoisotopic (exact) mass is 994 g/mol. The zero-order chi connectivity index (χ0) is 52.2. The summed E-state index contributed by atoms with van der Waals surface area (Å²) < 4.78 is 5.17. The summed E-state index contributed by atoms with van der Waals surface area (Å²) in [7, 11) is 2.68. The average Bonchev–Trinajstić information content (AvgIpc) is 3.80. The molecular weight excluding hydrogens is 933 g/mol. The summed E-state index contributed by atoms with van der Waals surface area (Å²) >= 11 is 0. The molecular formula is C47H62N8O16. The number of H-pyrrole nitrogens is 1. The predicted molar refractivity (Wildman–Crippen MR) is 250 cm³/mol. The SMILES string of the molecule is COc1ccc(/C=C/CCCC[C@H](C)[C@H](O)[C@@H](O)C2NC(=O)C[C@@H](O)CNC(=O)CNC(=O)[C@@H](Cc3c(C(=O)O)[nH]c4ccccc34)NC(=O)CN(C)C(=O)C[C@@]3(O)NC(=O)[C@H](O)[C@@H]3NC(=O)[C@H]2O)cc1. The van der Waals surface area contributed by atoms with Gasteiger partial charge in [0, 0.05) is 30.9 Å². The van der Waals surface area contributed by atoms with E-state index >= 15 is 0 Å². The smallest absolute Gasteiger partial charge is 0.352 e. The van der Waals surface area contributed by atoms with Crippen LogP contribution in [-0.2, 0) is 40.0 Å². The van der Waals surface area contributed by atoms with E-state index in [0.717, 1.165) is 23.3 Å². The number of carboxylic acid groups (broad SMARTS) is 1. The number of para-hydroxylation sites is 1. The summed E-state index contributed by atoms with van der Waals surface area (Å²) in [6, 6.07) is 8.16. The Kier molecular flexibility index (Phi) is 19.2. The van der Waals surface area contributed by atoms with Gasteiger partial charge in [0.05, 0.1) is 51.3 Å². The highest BCUT2D eigenvalue weighted by Crippen LogP contribution is 2.27. The molecule has 3 heterocycles. The summed E-state index contributed by atoms with van der Waals surface area (Å²) in [5.41, 5.74) is -1.61. The Morgan fingerprint density at radius 3 is 2.27 bits per heavy atom. The van der Waals surface area contributed by atoms with E-state index in [9.17, 15) is 74.1 Å². The first-order valence-electron chi connectivity index (χ1n) is 22.9. The summed E-state index contributed by atoms with van der Waals surface area (Å²) in [5, 5.41) is 91.1. The van der Waals surface area contributed by atoms with Crippen LogP contribution in [0.15, 0.2) is 54.6 Å². The van der Waals surface area contributed by atoms with Gasteiger partial charge in [-0.15, -0.1) is 0 Å². The minimum absolute atomic E-state index is 0.108. The number of nitrogens with zero attached hydrogens (tertiary/aromatic N) is 1. The van der Waals surface area contributed by atoms with Crippen LogP contribution < -0.4 is 36.6 Å². The highest BCUT2D eigenvalue weighted by molar-refractivity contribution is 5.99. The Morgan fingerprint density at radius 2 is 1.58 bits per heavy atom. The third kappa shape index (κ3) is 14.6. The van der Waals surface area contributed by atoms with Crippen LogP contribution in [-0.4, -0.2) is 181 Å². The number of methoxy groups -OCH3 is 1. The minimum atomic E-state index is -2.78. The molecule has 386 valence electrons. The number of aromatic carboxylic acids is 1. The Bertz CT molecular complexity index is 2450. The van der Waals surface area contributed by atoms with Gasteiger partial charge < -0.3 is 82.3 Å². The zero-order valence-electron chi connectivity index (χ0n) is 39.3. The van der Waals surface area contributed by atoms with Crippen LogP contribution in [0.4, 0.5) is 0 Å². The number of carbonyl (C=O) groups is 8. The first kappa shape index (κ1) is 55.0. The largest absolute Gasteiger partial charge is 0.497 e. The molecule has 2 aromatic carbocycles. The lowest BCUT2D eigenvalue weighted by molar-refractivity contribution is -0.146. The van der Waals surface area contributed by atoms with Crippen molar-refractivity contribution in [1.29, 1.82) is 0 Å². The lowest BCUT2D eigenvalue weighted by Crippen LogP contribution is -2.64. The summed E-state index contributed by atoms with van der Waals surface area (Å²) in [5.74, 6) is -9.14. The number of β-amino-alcohol motifs (C(OH)–C–C–N with tert-alkyl or cyclic N) is 1. The normalized spacial score (nSPS) is 26.0. The molecule has 2 fully saturated rings. The number of benzene rings is 2. The first-order valence-corrected chi connectivity index (χ1v) is 22.9. The fourth-order valence-corrected chi connectivity index (χ4v) is 8.30. The molecule has 0 radical (unpaired) electrons. The molecule has 24 heteroatoms. The predicted octanol–water partition coefficient (Wildman–Crippen LogP) is -3.11. The Balaban J connectivity index is 1.34. The van der Waals surface area contributed by atoms with Crippen LogP contribution >= 0.6 is 0 Å². The molecule has 14 N–H and O–H groups in total. The van der Waals surface area contributed by atoms with Gasteiger partial charge in [0.2, 0.25) is 29.5 Å². The van der Waals surface area contributed by atoms with Crippen LogP contribution in [0.5, 0.6) is 5.75 Å². The molecule has 2 aliphatic heterocycles. The molecule has 0 aliphatic carbocycles. The average molecular weight is 995 g/mol. The zero-order valence-corrected chi connectivity index (χ0v) is 39.3. The second kappa shape index (κ2) is 24.7. The van der Waals surface area contributed by atoms with Crippen molar-refractivity contribution in [3.63, 3.8) is 0 Å². The fourth-order valence-electron chi connectivity index (χ4n) is 8.30. The third-order valence-electron chi connectivity index (χ3n) is 12.4. The molecule has 0 bridgehead atoms. The van der Waals surface area contributed by atoms with E-state index in [0.29, 0.717) is 36.6 Å². The van der Waals surface area contributed by atoms with Crippen LogP contribution in [0, 0.1) is 5.92 Å². The van der Waals surface area contributed by atoms with Gasteiger partial charge in [0.15, 0.2) is 17.9 Å². The molecule has 5 rings (SSSR count). The maximum atomic E-state index is 13.8. The number of allylic oxidation sites excluding steroid dienone is 1. The van der Waals surface area contributed by atoms with E-state index in [2.05, 4.69) is 31.6 Å². The quantitative estimate of drug-likeness (QED) is 0.0754. The molecule has 3 aromatic rings. The van der Waals surface area contributed by atoms with E-state index < -0.39 is 147 Å². The highest BCUT2D eigenvalue weighted by atomic mass is 16.5. The lowest BCUT2D eigenvalue weighted by atomic mass is 9.88. The number of ether oxygens (including phenoxy) is 1. The van der Waals surface area contributed by atoms with Crippen LogP contribution in [0.1, 0.15) is 67.1 Å². The number of likely N-dealkylation sites (N-methyl/N-ethyl adjacent to an activating group) is 1. The second-order valence-corrected chi connectivity index (χ2v) is 17.8. The van der Waals surface area contributed by atoms with Crippen molar-refractivity contribution in [2.24, 2.45) is 5.92 Å². The van der Waals surface area contributed by atoms with E-state index in [1.807, 2.05) is 41.7 Å². The number of aliphatic hydroxyl groups excluding tert-OH is 5. The topological polar surface area (TPSA) is 379 Å². The van der Waals surface area contributed by atoms with Crippen LogP contribution in [0.2, 0.25) is 0 Å². The summed E-state index contributed by atoms with van der Waals surface area (Å²) in [4.78, 5) is 109. The number of rotatable bonds is 13. The Morgan fingerprint density at radius 1 is 0.873 bits per heavy atom. The molecule has 1 unspecified atom stereocenters. The molecule has 1 aromatic heterocycles. The number of amides is 7. The summed E-state index contributed by atoms with van der Waals surface area (Å²) in [6.45, 7) is -0.564. The van der Waals surface area contributed by atoms with Gasteiger partial charge >= 0.3 is 5.97 Å². The number of carboxylic acids is 1. The number of aliphatic hydroxyl groups is 6. The number of aromatic amines is 1. The highest BCUT2D eigenvalue weighted by Gasteiger charge is 2.55. The number of nitrogens with one attached hydrogen (secondary N) is 7. The maximum absolute atomic E-state index is 13.8. The molecule has 71 heavy (non-hydrogen) atoms. The van der Waals surface area contributed by atoms with Gasteiger partial charge in [0.1, 0.15) is 29.6 Å². The van der Waals surface area contributed by atoms with Crippen molar-refractivity contribution in [2.45, 2.75) is 106 Å².